The Morgan fingerprint density at radius 1 is 1.07 bits per heavy atom. The first kappa shape index (κ1) is 19.6. The first-order chi connectivity index (χ1) is 13.8. The van der Waals surface area contributed by atoms with Crippen LogP contribution in [-0.4, -0.2) is 21.9 Å². The summed E-state index contributed by atoms with van der Waals surface area (Å²) >= 11 is 6.16. The van der Waals surface area contributed by atoms with Crippen LogP contribution in [0.5, 0.6) is 0 Å². The van der Waals surface area contributed by atoms with Crippen LogP contribution in [0, 0.1) is 6.92 Å². The van der Waals surface area contributed by atoms with Crippen molar-refractivity contribution in [2.45, 2.75) is 25.7 Å². The van der Waals surface area contributed by atoms with Crippen molar-refractivity contribution in [1.82, 2.24) is 9.47 Å². The largest absolute Gasteiger partial charge is 0.416 e. The monoisotopic (exact) mass is 418 g/mol. The van der Waals surface area contributed by atoms with Crippen molar-refractivity contribution < 1.29 is 18.0 Å². The number of amides is 1. The molecule has 0 aliphatic carbocycles. The Hall–Kier alpha value is -2.73. The molecule has 29 heavy (non-hydrogen) atoms. The fraction of sp³-hybridized carbons (Fsp3) is 0.227. The van der Waals surface area contributed by atoms with E-state index in [0.29, 0.717) is 18.1 Å². The van der Waals surface area contributed by atoms with Crippen LogP contribution < -0.4 is 0 Å². The second kappa shape index (κ2) is 7.26. The minimum atomic E-state index is -4.51. The molecule has 2 aromatic carbocycles. The maximum atomic E-state index is 13.3. The van der Waals surface area contributed by atoms with E-state index in [1.165, 1.54) is 19.1 Å². The zero-order chi connectivity index (χ0) is 20.8. The van der Waals surface area contributed by atoms with Crippen LogP contribution >= 0.6 is 11.6 Å². The van der Waals surface area contributed by atoms with E-state index in [0.717, 1.165) is 17.3 Å². The molecule has 0 spiro atoms. The van der Waals surface area contributed by atoms with Crippen molar-refractivity contribution in [3.8, 4) is 0 Å². The number of hydrogen-bond acceptors (Lipinski definition) is 1. The lowest BCUT2D eigenvalue weighted by Crippen LogP contribution is -2.42. The van der Waals surface area contributed by atoms with Gasteiger partial charge in [0.05, 0.1) is 11.6 Å². The third kappa shape index (κ3) is 3.65. The van der Waals surface area contributed by atoms with Crippen molar-refractivity contribution in [1.29, 1.82) is 0 Å². The summed E-state index contributed by atoms with van der Waals surface area (Å²) in [6, 6.07) is 14.3. The number of fused-ring (bicyclic) bond motifs is 1. The Labute approximate surface area is 171 Å². The third-order valence-corrected chi connectivity index (χ3v) is 5.49. The van der Waals surface area contributed by atoms with Crippen molar-refractivity contribution in [3.63, 3.8) is 0 Å². The number of aryl methyl sites for hydroxylation is 1. The van der Waals surface area contributed by atoms with Crippen LogP contribution in [0.1, 0.15) is 38.8 Å². The summed E-state index contributed by atoms with van der Waals surface area (Å²) < 4.78 is 42.0. The van der Waals surface area contributed by atoms with Crippen molar-refractivity contribution in [2.75, 3.05) is 6.54 Å². The van der Waals surface area contributed by atoms with Crippen LogP contribution in [0.25, 0.3) is 0 Å². The molecule has 0 saturated heterocycles. The lowest BCUT2D eigenvalue weighted by Gasteiger charge is -2.37. The lowest BCUT2D eigenvalue weighted by atomic mass is 9.98. The third-order valence-electron chi connectivity index (χ3n) is 5.25. The van der Waals surface area contributed by atoms with Gasteiger partial charge in [0.15, 0.2) is 0 Å². The second-order valence-electron chi connectivity index (χ2n) is 7.11. The highest BCUT2D eigenvalue weighted by Crippen LogP contribution is 2.36. The fourth-order valence-electron chi connectivity index (χ4n) is 3.86. The van der Waals surface area contributed by atoms with Gasteiger partial charge in [0.25, 0.3) is 5.91 Å². The van der Waals surface area contributed by atoms with Crippen molar-refractivity contribution >= 4 is 17.5 Å². The van der Waals surface area contributed by atoms with Gasteiger partial charge in [-0.25, -0.2) is 0 Å². The Kier molecular flexibility index (Phi) is 4.90. The molecule has 1 aromatic heterocycles. The van der Waals surface area contributed by atoms with Crippen molar-refractivity contribution in [3.05, 3.63) is 93.8 Å². The highest BCUT2D eigenvalue weighted by molar-refractivity contribution is 6.30. The molecule has 7 heteroatoms. The van der Waals surface area contributed by atoms with E-state index < -0.39 is 23.7 Å². The van der Waals surface area contributed by atoms with Gasteiger partial charge >= 0.3 is 6.18 Å². The summed E-state index contributed by atoms with van der Waals surface area (Å²) in [4.78, 5) is 14.9. The average molecular weight is 419 g/mol. The molecule has 3 nitrogen and oxygen atoms in total. The van der Waals surface area contributed by atoms with Crippen LogP contribution in [0.2, 0.25) is 5.02 Å². The molecule has 150 valence electrons. The Morgan fingerprint density at radius 2 is 1.86 bits per heavy atom. The van der Waals surface area contributed by atoms with Crippen LogP contribution in [0.15, 0.2) is 60.8 Å². The molecule has 0 N–H and O–H groups in total. The standard InChI is InChI=1S/C22H18ClF3N2O/c1-14-7-8-16(13-18(14)22(24,25)26)21(29)28-11-10-27-9-3-6-19(27)20(28)15-4-2-5-17(23)12-15/h2-9,12-13,20H,10-11H2,1H3/t20-/m0/s1. The molecular weight excluding hydrogens is 401 g/mol. The second-order valence-corrected chi connectivity index (χ2v) is 7.55. The van der Waals surface area contributed by atoms with E-state index in [-0.39, 0.29) is 11.1 Å². The minimum absolute atomic E-state index is 0.0231. The molecule has 1 aliphatic rings. The fourth-order valence-corrected chi connectivity index (χ4v) is 4.05. The number of carbonyl (C=O) groups is 1. The van der Waals surface area contributed by atoms with Gasteiger partial charge in [-0.15, -0.1) is 0 Å². The van der Waals surface area contributed by atoms with Crippen LogP contribution in [0.4, 0.5) is 13.2 Å². The highest BCUT2D eigenvalue weighted by Gasteiger charge is 2.36. The van der Waals surface area contributed by atoms with Gasteiger partial charge in [0.2, 0.25) is 0 Å². The molecule has 2 heterocycles. The Morgan fingerprint density at radius 3 is 2.59 bits per heavy atom. The van der Waals surface area contributed by atoms with Gasteiger partial charge in [0.1, 0.15) is 0 Å². The summed E-state index contributed by atoms with van der Waals surface area (Å²) in [5.41, 5.74) is 1.04. The van der Waals surface area contributed by atoms with E-state index in [2.05, 4.69) is 0 Å². The summed E-state index contributed by atoms with van der Waals surface area (Å²) in [7, 11) is 0. The maximum Gasteiger partial charge on any atom is 0.416 e. The van der Waals surface area contributed by atoms with E-state index in [9.17, 15) is 18.0 Å². The zero-order valence-corrected chi connectivity index (χ0v) is 16.3. The number of hydrogen-bond donors (Lipinski definition) is 0. The lowest BCUT2D eigenvalue weighted by molar-refractivity contribution is -0.138. The number of benzene rings is 2. The smallest absolute Gasteiger partial charge is 0.348 e. The first-order valence-electron chi connectivity index (χ1n) is 9.15. The number of aromatic nitrogens is 1. The van der Waals surface area contributed by atoms with Gasteiger partial charge in [-0.3, -0.25) is 4.79 Å². The van der Waals surface area contributed by atoms with E-state index in [1.807, 2.05) is 29.0 Å². The van der Waals surface area contributed by atoms with Gasteiger partial charge in [-0.2, -0.15) is 13.2 Å². The number of nitrogens with zero attached hydrogens (tertiary/aromatic N) is 2. The molecule has 0 fully saturated rings. The van der Waals surface area contributed by atoms with Gasteiger partial charge in [0, 0.05) is 35.6 Å². The topological polar surface area (TPSA) is 25.2 Å². The van der Waals surface area contributed by atoms with E-state index in [4.69, 9.17) is 11.6 Å². The highest BCUT2D eigenvalue weighted by atomic mass is 35.5. The molecule has 0 radical (unpaired) electrons. The normalized spacial score (nSPS) is 16.6. The van der Waals surface area contributed by atoms with Gasteiger partial charge in [-0.05, 0) is 54.4 Å². The molecule has 1 aliphatic heterocycles. The minimum Gasteiger partial charge on any atom is -0.348 e. The molecule has 1 amide bonds. The average Bonchev–Trinajstić information content (AvgIpc) is 3.15. The molecule has 3 aromatic rings. The summed E-state index contributed by atoms with van der Waals surface area (Å²) in [5, 5.41) is 0.535. The van der Waals surface area contributed by atoms with Crippen molar-refractivity contribution in [2.24, 2.45) is 0 Å². The zero-order valence-electron chi connectivity index (χ0n) is 15.6. The Balaban J connectivity index is 1.78. The van der Waals surface area contributed by atoms with Gasteiger partial charge < -0.3 is 9.47 Å². The number of carbonyl (C=O) groups excluding carboxylic acids is 1. The molecule has 4 rings (SSSR count). The molecular formula is C22H18ClF3N2O. The van der Waals surface area contributed by atoms with E-state index in [1.54, 1.807) is 23.1 Å². The summed E-state index contributed by atoms with van der Waals surface area (Å²) in [5.74, 6) is -0.437. The number of alkyl halides is 3. The molecule has 0 saturated carbocycles. The SMILES string of the molecule is Cc1ccc(C(=O)N2CCn3cccc3[C@@H]2c2cccc(Cl)c2)cc1C(F)(F)F. The summed E-state index contributed by atoms with van der Waals surface area (Å²) in [6.07, 6.45) is -2.58. The van der Waals surface area contributed by atoms with E-state index >= 15 is 0 Å². The molecule has 0 unspecified atom stereocenters. The van der Waals surface area contributed by atoms with Crippen LogP contribution in [-0.2, 0) is 12.7 Å². The number of rotatable bonds is 2. The number of halogens is 4. The quantitative estimate of drug-likeness (QED) is 0.523. The predicted octanol–water partition coefficient (Wildman–Crippen LogP) is 5.71. The molecule has 1 atom stereocenters. The van der Waals surface area contributed by atoms with Gasteiger partial charge in [-0.1, -0.05) is 29.8 Å². The predicted molar refractivity (Wildman–Crippen MR) is 105 cm³/mol. The Bertz CT molecular complexity index is 1070. The first-order valence-corrected chi connectivity index (χ1v) is 9.53. The maximum absolute atomic E-state index is 13.3. The molecule has 0 bridgehead atoms. The van der Waals surface area contributed by atoms with Crippen LogP contribution in [0.3, 0.4) is 0 Å². The summed E-state index contributed by atoms with van der Waals surface area (Å²) in [6.45, 7) is 2.34.